The SMILES string of the molecule is CN1CCCC1COc1ccncc1C#N. The van der Waals surface area contributed by atoms with E-state index in [-0.39, 0.29) is 0 Å². The second-order valence-electron chi connectivity index (χ2n) is 4.07. The zero-order chi connectivity index (χ0) is 11.4. The minimum Gasteiger partial charge on any atom is -0.490 e. The summed E-state index contributed by atoms with van der Waals surface area (Å²) in [6, 6.07) is 4.30. The number of pyridine rings is 1. The molecule has 2 rings (SSSR count). The number of hydrogen-bond donors (Lipinski definition) is 0. The monoisotopic (exact) mass is 217 g/mol. The molecule has 1 aromatic heterocycles. The summed E-state index contributed by atoms with van der Waals surface area (Å²) in [6.45, 7) is 1.78. The van der Waals surface area contributed by atoms with E-state index in [1.807, 2.05) is 0 Å². The highest BCUT2D eigenvalue weighted by Crippen LogP contribution is 2.19. The second kappa shape index (κ2) is 4.95. The Balaban J connectivity index is 1.97. The van der Waals surface area contributed by atoms with Gasteiger partial charge in [0.05, 0.1) is 0 Å². The van der Waals surface area contributed by atoms with Gasteiger partial charge in [0.1, 0.15) is 24.0 Å². The maximum absolute atomic E-state index is 8.88. The zero-order valence-corrected chi connectivity index (χ0v) is 9.39. The lowest BCUT2D eigenvalue weighted by Gasteiger charge is -2.19. The van der Waals surface area contributed by atoms with Crippen LogP contribution in [0.25, 0.3) is 0 Å². The zero-order valence-electron chi connectivity index (χ0n) is 9.39. The highest BCUT2D eigenvalue weighted by atomic mass is 16.5. The summed E-state index contributed by atoms with van der Waals surface area (Å²) in [5, 5.41) is 8.88. The van der Waals surface area contributed by atoms with Crippen molar-refractivity contribution in [1.29, 1.82) is 5.26 Å². The average molecular weight is 217 g/mol. The van der Waals surface area contributed by atoms with Gasteiger partial charge in [-0.3, -0.25) is 4.98 Å². The van der Waals surface area contributed by atoms with E-state index in [1.165, 1.54) is 19.0 Å². The van der Waals surface area contributed by atoms with Crippen molar-refractivity contribution in [2.24, 2.45) is 0 Å². The molecule has 1 saturated heterocycles. The van der Waals surface area contributed by atoms with Crippen molar-refractivity contribution in [1.82, 2.24) is 9.88 Å². The van der Waals surface area contributed by atoms with E-state index in [9.17, 15) is 0 Å². The highest BCUT2D eigenvalue weighted by molar-refractivity contribution is 5.40. The van der Waals surface area contributed by atoms with Crippen molar-refractivity contribution in [2.45, 2.75) is 18.9 Å². The van der Waals surface area contributed by atoms with Gasteiger partial charge in [0, 0.05) is 18.4 Å². The fourth-order valence-electron chi connectivity index (χ4n) is 1.97. The molecule has 0 N–H and O–H groups in total. The normalized spacial score (nSPS) is 20.6. The van der Waals surface area contributed by atoms with Gasteiger partial charge in [0.2, 0.25) is 0 Å². The number of nitrogens with zero attached hydrogens (tertiary/aromatic N) is 3. The maximum Gasteiger partial charge on any atom is 0.140 e. The fraction of sp³-hybridized carbons (Fsp3) is 0.500. The van der Waals surface area contributed by atoms with Gasteiger partial charge in [0.15, 0.2) is 0 Å². The first-order valence-corrected chi connectivity index (χ1v) is 5.48. The molecule has 4 heteroatoms. The van der Waals surface area contributed by atoms with Gasteiger partial charge in [-0.1, -0.05) is 0 Å². The van der Waals surface area contributed by atoms with Crippen molar-refractivity contribution < 1.29 is 4.74 Å². The Bertz CT molecular complexity index is 399. The van der Waals surface area contributed by atoms with Gasteiger partial charge < -0.3 is 9.64 Å². The van der Waals surface area contributed by atoms with Gasteiger partial charge in [-0.2, -0.15) is 5.26 Å². The van der Waals surface area contributed by atoms with E-state index in [0.717, 1.165) is 6.54 Å². The van der Waals surface area contributed by atoms with Gasteiger partial charge in [-0.05, 0) is 32.5 Å². The Morgan fingerprint density at radius 3 is 3.25 bits per heavy atom. The third-order valence-electron chi connectivity index (χ3n) is 3.00. The second-order valence-corrected chi connectivity index (χ2v) is 4.07. The number of nitriles is 1. The molecule has 0 aliphatic carbocycles. The molecule has 1 fully saturated rings. The third kappa shape index (κ3) is 2.31. The maximum atomic E-state index is 8.88. The predicted octanol–water partition coefficient (Wildman–Crippen LogP) is 1.43. The minimum absolute atomic E-state index is 0.472. The van der Waals surface area contributed by atoms with Crippen LogP contribution in [0.3, 0.4) is 0 Å². The average Bonchev–Trinajstić information content (AvgIpc) is 2.72. The number of likely N-dealkylation sites (tertiary alicyclic amines) is 1. The largest absolute Gasteiger partial charge is 0.490 e. The Morgan fingerprint density at radius 1 is 1.69 bits per heavy atom. The number of aromatic nitrogens is 1. The molecule has 0 aromatic carbocycles. The molecule has 0 saturated carbocycles. The van der Waals surface area contributed by atoms with Crippen LogP contribution in [0, 0.1) is 11.3 Å². The molecule has 1 aliphatic rings. The summed E-state index contributed by atoms with van der Waals surface area (Å²) in [7, 11) is 2.11. The summed E-state index contributed by atoms with van der Waals surface area (Å²) < 4.78 is 5.68. The summed E-state index contributed by atoms with van der Waals surface area (Å²) in [4.78, 5) is 6.20. The van der Waals surface area contributed by atoms with Crippen LogP contribution in [-0.4, -0.2) is 36.1 Å². The highest BCUT2D eigenvalue weighted by Gasteiger charge is 2.21. The molecule has 84 valence electrons. The van der Waals surface area contributed by atoms with Crippen LogP contribution in [0.2, 0.25) is 0 Å². The van der Waals surface area contributed by atoms with Crippen LogP contribution in [0.1, 0.15) is 18.4 Å². The molecule has 4 nitrogen and oxygen atoms in total. The van der Waals surface area contributed by atoms with Crippen molar-refractivity contribution in [3.05, 3.63) is 24.0 Å². The third-order valence-corrected chi connectivity index (χ3v) is 3.00. The summed E-state index contributed by atoms with van der Waals surface area (Å²) in [5.74, 6) is 0.637. The van der Waals surface area contributed by atoms with E-state index in [4.69, 9.17) is 10.00 Å². The standard InChI is InChI=1S/C12H15N3O/c1-15-6-2-3-11(15)9-16-12-4-5-14-8-10(12)7-13/h4-5,8,11H,2-3,6,9H2,1H3. The Hall–Kier alpha value is -1.60. The smallest absolute Gasteiger partial charge is 0.140 e. The molecule has 0 spiro atoms. The van der Waals surface area contributed by atoms with Crippen LogP contribution in [0.15, 0.2) is 18.5 Å². The summed E-state index contributed by atoms with van der Waals surface area (Å²) in [6.07, 6.45) is 5.58. The lowest BCUT2D eigenvalue weighted by molar-refractivity contribution is 0.198. The van der Waals surface area contributed by atoms with E-state index in [2.05, 4.69) is 23.0 Å². The molecule has 1 atom stereocenters. The number of ether oxygens (including phenoxy) is 1. The van der Waals surface area contributed by atoms with Gasteiger partial charge in [-0.15, -0.1) is 0 Å². The first kappa shape index (κ1) is 10.9. The topological polar surface area (TPSA) is 49.1 Å². The van der Waals surface area contributed by atoms with Gasteiger partial charge >= 0.3 is 0 Å². The van der Waals surface area contributed by atoms with Crippen LogP contribution < -0.4 is 4.74 Å². The van der Waals surface area contributed by atoms with Gasteiger partial charge in [-0.25, -0.2) is 0 Å². The Morgan fingerprint density at radius 2 is 2.56 bits per heavy atom. The predicted molar refractivity (Wildman–Crippen MR) is 60.1 cm³/mol. The molecule has 0 bridgehead atoms. The van der Waals surface area contributed by atoms with E-state index < -0.39 is 0 Å². The number of hydrogen-bond acceptors (Lipinski definition) is 4. The van der Waals surface area contributed by atoms with E-state index >= 15 is 0 Å². The van der Waals surface area contributed by atoms with Crippen LogP contribution in [0.5, 0.6) is 5.75 Å². The molecule has 0 amide bonds. The molecular weight excluding hydrogens is 202 g/mol. The van der Waals surface area contributed by atoms with Crippen LogP contribution in [0.4, 0.5) is 0 Å². The van der Waals surface area contributed by atoms with Crippen molar-refractivity contribution in [3.8, 4) is 11.8 Å². The number of likely N-dealkylation sites (N-methyl/N-ethyl adjacent to an activating group) is 1. The molecule has 1 aromatic rings. The first-order chi connectivity index (χ1) is 7.81. The molecule has 0 radical (unpaired) electrons. The number of rotatable bonds is 3. The quantitative estimate of drug-likeness (QED) is 0.768. The first-order valence-electron chi connectivity index (χ1n) is 5.48. The lowest BCUT2D eigenvalue weighted by Crippen LogP contribution is -2.30. The van der Waals surface area contributed by atoms with Gasteiger partial charge in [0.25, 0.3) is 0 Å². The lowest BCUT2D eigenvalue weighted by atomic mass is 10.2. The Kier molecular flexibility index (Phi) is 3.37. The van der Waals surface area contributed by atoms with Crippen molar-refractivity contribution in [2.75, 3.05) is 20.2 Å². The summed E-state index contributed by atoms with van der Waals surface area (Å²) >= 11 is 0. The minimum atomic E-state index is 0.472. The van der Waals surface area contributed by atoms with Crippen LogP contribution >= 0.6 is 0 Å². The van der Waals surface area contributed by atoms with Crippen LogP contribution in [-0.2, 0) is 0 Å². The molecule has 16 heavy (non-hydrogen) atoms. The summed E-state index contributed by atoms with van der Waals surface area (Å²) in [5.41, 5.74) is 0.503. The van der Waals surface area contributed by atoms with E-state index in [1.54, 1.807) is 12.3 Å². The Labute approximate surface area is 95.5 Å². The molecular formula is C12H15N3O. The molecule has 1 unspecified atom stereocenters. The molecule has 2 heterocycles. The van der Waals surface area contributed by atoms with E-state index in [0.29, 0.717) is 24.0 Å². The molecule has 1 aliphatic heterocycles. The van der Waals surface area contributed by atoms with Crippen molar-refractivity contribution >= 4 is 0 Å². The fourth-order valence-corrected chi connectivity index (χ4v) is 1.97. The van der Waals surface area contributed by atoms with Crippen molar-refractivity contribution in [3.63, 3.8) is 0 Å².